The summed E-state index contributed by atoms with van der Waals surface area (Å²) in [5, 5.41) is 69.2. The molecule has 6 N–H and O–H groups in total. The highest BCUT2D eigenvalue weighted by Gasteiger charge is 2.44. The van der Waals surface area contributed by atoms with Crippen LogP contribution in [0.2, 0.25) is 0 Å². The Kier molecular flexibility index (Phi) is 15.5. The summed E-state index contributed by atoms with van der Waals surface area (Å²) in [5.74, 6) is -2.64. The van der Waals surface area contributed by atoms with E-state index in [2.05, 4.69) is 10.3 Å². The van der Waals surface area contributed by atoms with Crippen molar-refractivity contribution in [3.63, 3.8) is 0 Å². The summed E-state index contributed by atoms with van der Waals surface area (Å²) in [7, 11) is 1.49. The van der Waals surface area contributed by atoms with Crippen molar-refractivity contribution < 1.29 is 68.3 Å². The van der Waals surface area contributed by atoms with E-state index in [0.29, 0.717) is 23.6 Å². The van der Waals surface area contributed by atoms with Crippen LogP contribution in [0.5, 0.6) is 23.0 Å². The predicted octanol–water partition coefficient (Wildman–Crippen LogP) is 2.90. The topological polar surface area (TPSA) is 266 Å². The lowest BCUT2D eigenvalue weighted by Gasteiger charge is -2.39. The van der Waals surface area contributed by atoms with Gasteiger partial charge >= 0.3 is 11.9 Å². The monoisotopic (exact) mass is 874 g/mol. The van der Waals surface area contributed by atoms with Gasteiger partial charge in [0.05, 0.1) is 52.5 Å². The number of esters is 2. The van der Waals surface area contributed by atoms with Crippen LogP contribution in [0.3, 0.4) is 0 Å². The average Bonchev–Trinajstić information content (AvgIpc) is 3.75. The van der Waals surface area contributed by atoms with E-state index >= 15 is 0 Å². The van der Waals surface area contributed by atoms with Crippen LogP contribution in [0, 0.1) is 0 Å². The van der Waals surface area contributed by atoms with Crippen molar-refractivity contribution in [2.24, 2.45) is 0 Å². The number of hydrogen-bond donors (Lipinski definition) is 6. The molecule has 0 saturated carbocycles. The van der Waals surface area contributed by atoms with Gasteiger partial charge in [0, 0.05) is 29.4 Å². The Balaban J connectivity index is 1.05. The SMILES string of the molecule is COc1ccc(-c2oc3c(CC=C(C)C)c(O)cc(O)c3c(=O)c2OC(=O)CCC(=O)OCCN(CCOCc2cn([C@H]3O[C@@H](CO)[C@H](O)[C@@H](O)[C@@H]3O)nn2)c2ccccc2)cc1. The zero-order valence-electron chi connectivity index (χ0n) is 34.8. The number of rotatable bonds is 19. The molecule has 1 aliphatic rings. The summed E-state index contributed by atoms with van der Waals surface area (Å²) >= 11 is 0. The number of nitrogens with zero attached hydrogens (tertiary/aromatic N) is 4. The van der Waals surface area contributed by atoms with E-state index in [1.807, 2.05) is 55.2 Å². The average molecular weight is 875 g/mol. The molecule has 1 saturated heterocycles. The van der Waals surface area contributed by atoms with Crippen molar-refractivity contribution in [2.75, 3.05) is 44.9 Å². The number of phenols is 2. The zero-order valence-corrected chi connectivity index (χ0v) is 34.8. The fourth-order valence-electron chi connectivity index (χ4n) is 6.77. The van der Waals surface area contributed by atoms with E-state index in [0.717, 1.165) is 17.3 Å². The number of para-hydroxylation sites is 1. The number of aliphatic hydroxyl groups is 4. The second-order valence-corrected chi connectivity index (χ2v) is 14.9. The van der Waals surface area contributed by atoms with Crippen LogP contribution in [0.1, 0.15) is 44.2 Å². The number of fused-ring (bicyclic) bond motifs is 1. The normalized spacial score (nSPS) is 18.5. The van der Waals surface area contributed by atoms with Gasteiger partial charge in [-0.2, -0.15) is 0 Å². The molecular weight excluding hydrogens is 824 g/mol. The van der Waals surface area contributed by atoms with Gasteiger partial charge in [-0.3, -0.25) is 14.4 Å². The fraction of sp³-hybridized carbons (Fsp3) is 0.386. The molecule has 19 nitrogen and oxygen atoms in total. The van der Waals surface area contributed by atoms with Gasteiger partial charge in [-0.15, -0.1) is 5.10 Å². The number of allylic oxidation sites excluding steroid dienone is 2. The van der Waals surface area contributed by atoms with Gasteiger partial charge in [0.2, 0.25) is 11.2 Å². The first-order valence-corrected chi connectivity index (χ1v) is 20.1. The standard InChI is InChI=1S/C44H50N4O15/c1-25(2)9-14-30-31(50)21-32(51)36-38(55)43(41(63-42(30)36)26-10-12-29(58-3)13-11-26)62-35(53)16-15-34(52)60-20-18-47(28-7-5-4-6-8-28)17-19-59-24-27-22-48(46-45-27)44-40(57)39(56)37(54)33(23-49)61-44/h4-13,21-22,33,37,39-40,44,49-51,54,56-57H,14-20,23-24H2,1-3H3/t33-,37-,39+,40-,44-/m0/s1. The molecule has 0 unspecified atom stereocenters. The van der Waals surface area contributed by atoms with Crippen molar-refractivity contribution in [1.82, 2.24) is 15.0 Å². The molecule has 5 atom stereocenters. The van der Waals surface area contributed by atoms with Crippen LogP contribution >= 0.6 is 0 Å². The van der Waals surface area contributed by atoms with E-state index in [1.54, 1.807) is 24.3 Å². The highest BCUT2D eigenvalue weighted by molar-refractivity contribution is 5.92. The quantitative estimate of drug-likeness (QED) is 0.0396. The Bertz CT molecular complexity index is 2430. The molecule has 0 radical (unpaired) electrons. The number of carbonyl (C=O) groups is 2. The summed E-state index contributed by atoms with van der Waals surface area (Å²) in [5.41, 5.74) is 1.77. The molecule has 5 aromatic rings. The van der Waals surface area contributed by atoms with E-state index in [-0.39, 0.29) is 67.2 Å². The van der Waals surface area contributed by atoms with Crippen LogP contribution in [0.4, 0.5) is 5.69 Å². The molecule has 2 aromatic heterocycles. The third-order valence-electron chi connectivity index (χ3n) is 10.2. The molecular formula is C44H50N4O15. The van der Waals surface area contributed by atoms with Gasteiger partial charge in [0.25, 0.3) is 0 Å². The maximum atomic E-state index is 14.0. The van der Waals surface area contributed by atoms with Crippen LogP contribution in [0.25, 0.3) is 22.3 Å². The maximum Gasteiger partial charge on any atom is 0.312 e. The molecule has 336 valence electrons. The minimum Gasteiger partial charge on any atom is -0.507 e. The minimum atomic E-state index is -1.57. The van der Waals surface area contributed by atoms with Gasteiger partial charge in [-0.25, -0.2) is 4.68 Å². The molecule has 3 heterocycles. The summed E-state index contributed by atoms with van der Waals surface area (Å²) in [6, 6.07) is 16.7. The lowest BCUT2D eigenvalue weighted by atomic mass is 9.98. The van der Waals surface area contributed by atoms with Crippen LogP contribution in [0.15, 0.2) is 87.7 Å². The first-order valence-electron chi connectivity index (χ1n) is 20.1. The number of phenolic OH excluding ortho intramolecular Hbond substituents is 2. The second kappa shape index (κ2) is 21.1. The van der Waals surface area contributed by atoms with Crippen molar-refractivity contribution >= 4 is 28.6 Å². The molecule has 0 aliphatic carbocycles. The molecule has 63 heavy (non-hydrogen) atoms. The second-order valence-electron chi connectivity index (χ2n) is 14.9. The number of hydrogen-bond acceptors (Lipinski definition) is 18. The van der Waals surface area contributed by atoms with E-state index in [4.69, 9.17) is 28.1 Å². The molecule has 3 aromatic carbocycles. The number of aromatic hydroxyl groups is 2. The number of carbonyl (C=O) groups excluding carboxylic acids is 2. The van der Waals surface area contributed by atoms with Gasteiger partial charge in [-0.1, -0.05) is 35.1 Å². The van der Waals surface area contributed by atoms with Crippen molar-refractivity contribution in [3.8, 4) is 34.3 Å². The minimum absolute atomic E-state index is 0.0237. The van der Waals surface area contributed by atoms with Crippen molar-refractivity contribution in [1.29, 1.82) is 0 Å². The highest BCUT2D eigenvalue weighted by Crippen LogP contribution is 2.39. The van der Waals surface area contributed by atoms with E-state index in [9.17, 15) is 45.0 Å². The molecule has 0 spiro atoms. The van der Waals surface area contributed by atoms with Crippen LogP contribution in [-0.2, 0) is 36.8 Å². The van der Waals surface area contributed by atoms with Crippen molar-refractivity contribution in [3.05, 3.63) is 100.0 Å². The number of aromatic nitrogens is 3. The van der Waals surface area contributed by atoms with Gasteiger partial charge in [0.1, 0.15) is 64.9 Å². The Hall–Kier alpha value is -6.35. The molecule has 6 rings (SSSR count). The number of anilines is 1. The first kappa shape index (κ1) is 46.2. The smallest absolute Gasteiger partial charge is 0.312 e. The van der Waals surface area contributed by atoms with Crippen LogP contribution < -0.4 is 19.8 Å². The van der Waals surface area contributed by atoms with Gasteiger partial charge in [-0.05, 0) is 56.7 Å². The van der Waals surface area contributed by atoms with Gasteiger partial charge in [0.15, 0.2) is 12.0 Å². The molecule has 1 fully saturated rings. The van der Waals surface area contributed by atoms with Crippen molar-refractivity contribution in [2.45, 2.75) is 70.4 Å². The van der Waals surface area contributed by atoms with Gasteiger partial charge < -0.3 is 63.6 Å². The Morgan fingerprint density at radius 1 is 0.921 bits per heavy atom. The molecule has 19 heteroatoms. The number of aliphatic hydroxyl groups excluding tert-OH is 4. The maximum absolute atomic E-state index is 14.0. The first-order chi connectivity index (χ1) is 30.3. The number of benzene rings is 3. The summed E-state index contributed by atoms with van der Waals surface area (Å²) in [6.45, 7) is 3.96. The third kappa shape index (κ3) is 11.2. The summed E-state index contributed by atoms with van der Waals surface area (Å²) in [6.07, 6.45) is -4.30. The number of ether oxygens (including phenoxy) is 5. The number of methoxy groups -OCH3 is 1. The zero-order chi connectivity index (χ0) is 45.2. The predicted molar refractivity (Wildman–Crippen MR) is 224 cm³/mol. The Morgan fingerprint density at radius 2 is 1.63 bits per heavy atom. The lowest BCUT2D eigenvalue weighted by Crippen LogP contribution is -2.56. The Labute approximate surface area is 360 Å². The third-order valence-corrected chi connectivity index (χ3v) is 10.2. The molecule has 1 aliphatic heterocycles. The lowest BCUT2D eigenvalue weighted by molar-refractivity contribution is -0.254. The van der Waals surface area contributed by atoms with Crippen LogP contribution in [-0.4, -0.2) is 122 Å². The highest BCUT2D eigenvalue weighted by atomic mass is 16.6. The molecule has 0 amide bonds. The Morgan fingerprint density at radius 3 is 2.33 bits per heavy atom. The largest absolute Gasteiger partial charge is 0.507 e. The molecule has 0 bridgehead atoms. The fourth-order valence-corrected chi connectivity index (χ4v) is 6.77. The summed E-state index contributed by atoms with van der Waals surface area (Å²) in [4.78, 5) is 42.0. The van der Waals surface area contributed by atoms with E-state index in [1.165, 1.54) is 18.0 Å². The van der Waals surface area contributed by atoms with E-state index < -0.39 is 72.5 Å². The summed E-state index contributed by atoms with van der Waals surface area (Å²) < 4.78 is 35.0.